The van der Waals surface area contributed by atoms with Gasteiger partial charge in [-0.15, -0.1) is 0 Å². The molecule has 0 saturated carbocycles. The van der Waals surface area contributed by atoms with Crippen LogP contribution in [-0.4, -0.2) is 54.3 Å². The highest BCUT2D eigenvalue weighted by atomic mass is 16.5. The third kappa shape index (κ3) is 4.54. The van der Waals surface area contributed by atoms with Crippen LogP contribution in [0.3, 0.4) is 0 Å². The van der Waals surface area contributed by atoms with Crippen molar-refractivity contribution in [2.24, 2.45) is 0 Å². The zero-order chi connectivity index (χ0) is 17.0. The summed E-state index contributed by atoms with van der Waals surface area (Å²) in [6.45, 7) is 7.98. The zero-order valence-corrected chi connectivity index (χ0v) is 14.5. The van der Waals surface area contributed by atoms with Gasteiger partial charge >= 0.3 is 6.09 Å². The molecule has 1 atom stereocenters. The van der Waals surface area contributed by atoms with Gasteiger partial charge < -0.3 is 19.7 Å². The molecule has 1 amide bonds. The van der Waals surface area contributed by atoms with Gasteiger partial charge in [0.1, 0.15) is 11.6 Å². The molecule has 1 aromatic rings. The Hall–Kier alpha value is -1.89. The smallest absolute Gasteiger partial charge is 0.409 e. The molecule has 2 rings (SSSR count). The molecule has 0 bridgehead atoms. The monoisotopic (exact) mass is 322 g/mol. The van der Waals surface area contributed by atoms with E-state index in [1.54, 1.807) is 12.0 Å². The predicted molar refractivity (Wildman–Crippen MR) is 87.5 cm³/mol. The van der Waals surface area contributed by atoms with Gasteiger partial charge in [-0.1, -0.05) is 20.8 Å². The Labute approximate surface area is 137 Å². The first-order valence-electron chi connectivity index (χ1n) is 7.80. The molecule has 7 nitrogen and oxygen atoms in total. The Bertz CT molecular complexity index is 557. The molecule has 0 spiro atoms. The molecule has 1 N–H and O–H groups in total. The lowest BCUT2D eigenvalue weighted by Gasteiger charge is -2.20. The number of anilines is 1. The van der Waals surface area contributed by atoms with Crippen LogP contribution >= 0.6 is 0 Å². The van der Waals surface area contributed by atoms with Crippen LogP contribution in [0.25, 0.3) is 0 Å². The first-order valence-corrected chi connectivity index (χ1v) is 7.80. The predicted octanol–water partition coefficient (Wildman–Crippen LogP) is 2.17. The number of nitrogens with one attached hydrogen (secondary N) is 1. The molecule has 7 heteroatoms. The Balaban J connectivity index is 2.13. The van der Waals surface area contributed by atoms with Crippen molar-refractivity contribution in [1.82, 2.24) is 14.9 Å². The number of amides is 1. The third-order valence-electron chi connectivity index (χ3n) is 3.72. The average molecular weight is 322 g/mol. The minimum Gasteiger partial charge on any atom is -0.453 e. The highest BCUT2D eigenvalue weighted by Crippen LogP contribution is 2.22. The molecule has 2 heterocycles. The summed E-state index contributed by atoms with van der Waals surface area (Å²) in [7, 11) is 3.05. The summed E-state index contributed by atoms with van der Waals surface area (Å²) in [5.41, 5.74) is 0.700. The van der Waals surface area contributed by atoms with E-state index in [2.05, 4.69) is 36.1 Å². The van der Waals surface area contributed by atoms with Crippen LogP contribution in [0.4, 0.5) is 10.6 Å². The van der Waals surface area contributed by atoms with Crippen molar-refractivity contribution >= 4 is 11.9 Å². The van der Waals surface area contributed by atoms with Crippen molar-refractivity contribution in [2.75, 3.05) is 32.6 Å². The Kier molecular flexibility index (Phi) is 5.41. The second kappa shape index (κ2) is 7.12. The van der Waals surface area contributed by atoms with E-state index in [1.165, 1.54) is 7.11 Å². The van der Waals surface area contributed by atoms with Crippen LogP contribution in [0, 0.1) is 0 Å². The summed E-state index contributed by atoms with van der Waals surface area (Å²) in [5.74, 6) is 1.55. The summed E-state index contributed by atoms with van der Waals surface area (Å²) in [6, 6.07) is 2.06. The van der Waals surface area contributed by atoms with Gasteiger partial charge in [-0.3, -0.25) is 0 Å². The van der Waals surface area contributed by atoms with Gasteiger partial charge in [-0.05, 0) is 6.42 Å². The van der Waals surface area contributed by atoms with Gasteiger partial charge in [0.05, 0.1) is 19.4 Å². The largest absolute Gasteiger partial charge is 0.453 e. The van der Waals surface area contributed by atoms with E-state index in [0.29, 0.717) is 19.7 Å². The van der Waals surface area contributed by atoms with E-state index in [0.717, 1.165) is 23.8 Å². The first kappa shape index (κ1) is 17.5. The lowest BCUT2D eigenvalue weighted by Crippen LogP contribution is -2.31. The Morgan fingerprint density at radius 1 is 1.39 bits per heavy atom. The number of ether oxygens (including phenoxy) is 2. The maximum absolute atomic E-state index is 11.6. The van der Waals surface area contributed by atoms with Crippen molar-refractivity contribution in [3.8, 4) is 0 Å². The van der Waals surface area contributed by atoms with Gasteiger partial charge in [0.15, 0.2) is 0 Å². The average Bonchev–Trinajstić information content (AvgIpc) is 2.94. The molecule has 1 aliphatic rings. The van der Waals surface area contributed by atoms with E-state index in [9.17, 15) is 4.79 Å². The van der Waals surface area contributed by atoms with Crippen molar-refractivity contribution < 1.29 is 14.3 Å². The number of likely N-dealkylation sites (tertiary alicyclic amines) is 1. The fourth-order valence-electron chi connectivity index (χ4n) is 2.51. The van der Waals surface area contributed by atoms with Crippen molar-refractivity contribution in [2.45, 2.75) is 45.3 Å². The van der Waals surface area contributed by atoms with Gasteiger partial charge in [-0.25, -0.2) is 14.8 Å². The van der Waals surface area contributed by atoms with Gasteiger partial charge in [0.25, 0.3) is 0 Å². The maximum atomic E-state index is 11.6. The molecule has 0 radical (unpaired) electrons. The standard InChI is InChI=1S/C16H26N4O3/c1-16(2,3)14-18-12(10-22-4)8-13(19-14)17-11-6-7-20(9-11)15(21)23-5/h8,11H,6-7,9-10H2,1-5H3,(H,17,18,19). The molecule has 1 saturated heterocycles. The lowest BCUT2D eigenvalue weighted by atomic mass is 9.95. The molecule has 1 aliphatic heterocycles. The summed E-state index contributed by atoms with van der Waals surface area (Å²) >= 11 is 0. The molecular formula is C16H26N4O3. The molecule has 1 unspecified atom stereocenters. The van der Waals surface area contributed by atoms with Crippen molar-refractivity contribution in [3.63, 3.8) is 0 Å². The third-order valence-corrected chi connectivity index (χ3v) is 3.72. The quantitative estimate of drug-likeness (QED) is 0.915. The fourth-order valence-corrected chi connectivity index (χ4v) is 2.51. The number of nitrogens with zero attached hydrogens (tertiary/aromatic N) is 3. The molecule has 23 heavy (non-hydrogen) atoms. The molecule has 0 aliphatic carbocycles. The second-order valence-corrected chi connectivity index (χ2v) is 6.80. The van der Waals surface area contributed by atoms with Crippen LogP contribution in [0.15, 0.2) is 6.07 Å². The van der Waals surface area contributed by atoms with Crippen LogP contribution in [0.1, 0.15) is 38.7 Å². The number of methoxy groups -OCH3 is 2. The number of carbonyl (C=O) groups is 1. The van der Waals surface area contributed by atoms with Gasteiger partial charge in [0, 0.05) is 37.7 Å². The number of hydrogen-bond acceptors (Lipinski definition) is 6. The summed E-state index contributed by atoms with van der Waals surface area (Å²) in [5, 5.41) is 3.40. The highest BCUT2D eigenvalue weighted by molar-refractivity contribution is 5.68. The number of aromatic nitrogens is 2. The number of rotatable bonds is 4. The maximum Gasteiger partial charge on any atom is 0.409 e. The van der Waals surface area contributed by atoms with E-state index in [4.69, 9.17) is 9.47 Å². The Morgan fingerprint density at radius 2 is 2.13 bits per heavy atom. The number of hydrogen-bond donors (Lipinski definition) is 1. The minimum absolute atomic E-state index is 0.145. The van der Waals surface area contributed by atoms with Crippen LogP contribution in [-0.2, 0) is 21.5 Å². The fraction of sp³-hybridized carbons (Fsp3) is 0.688. The molecule has 0 aromatic carbocycles. The Morgan fingerprint density at radius 3 is 2.74 bits per heavy atom. The van der Waals surface area contributed by atoms with Gasteiger partial charge in [-0.2, -0.15) is 0 Å². The molecule has 128 valence electrons. The van der Waals surface area contributed by atoms with E-state index in [1.807, 2.05) is 6.07 Å². The highest BCUT2D eigenvalue weighted by Gasteiger charge is 2.27. The summed E-state index contributed by atoms with van der Waals surface area (Å²) in [4.78, 5) is 22.5. The summed E-state index contributed by atoms with van der Waals surface area (Å²) in [6.07, 6.45) is 0.580. The van der Waals surface area contributed by atoms with Gasteiger partial charge in [0.2, 0.25) is 0 Å². The molecule has 1 fully saturated rings. The molecular weight excluding hydrogens is 296 g/mol. The lowest BCUT2D eigenvalue weighted by molar-refractivity contribution is 0.133. The minimum atomic E-state index is -0.285. The molecule has 1 aromatic heterocycles. The van der Waals surface area contributed by atoms with E-state index in [-0.39, 0.29) is 17.6 Å². The SMILES string of the molecule is COCc1cc(NC2CCN(C(=O)OC)C2)nc(C(C)(C)C)n1. The van der Waals surface area contributed by atoms with E-state index >= 15 is 0 Å². The van der Waals surface area contributed by atoms with Crippen LogP contribution in [0.2, 0.25) is 0 Å². The van der Waals surface area contributed by atoms with Crippen molar-refractivity contribution in [3.05, 3.63) is 17.6 Å². The van der Waals surface area contributed by atoms with Crippen molar-refractivity contribution in [1.29, 1.82) is 0 Å². The normalized spacial score (nSPS) is 18.1. The summed E-state index contributed by atoms with van der Waals surface area (Å²) < 4.78 is 9.96. The topological polar surface area (TPSA) is 76.6 Å². The van der Waals surface area contributed by atoms with Crippen LogP contribution < -0.4 is 5.32 Å². The second-order valence-electron chi connectivity index (χ2n) is 6.80. The zero-order valence-electron chi connectivity index (χ0n) is 14.5. The number of carbonyl (C=O) groups excluding carboxylic acids is 1. The first-order chi connectivity index (χ1) is 10.8. The van der Waals surface area contributed by atoms with E-state index < -0.39 is 0 Å². The van der Waals surface area contributed by atoms with Crippen LogP contribution in [0.5, 0.6) is 0 Å².